The Morgan fingerprint density at radius 1 is 0.848 bits per heavy atom. The van der Waals surface area contributed by atoms with Gasteiger partial charge in [-0.05, 0) is 78.1 Å². The van der Waals surface area contributed by atoms with Crippen molar-refractivity contribution in [3.63, 3.8) is 0 Å². The van der Waals surface area contributed by atoms with E-state index in [1.807, 2.05) is 20.8 Å². The molecule has 33 heavy (non-hydrogen) atoms. The summed E-state index contributed by atoms with van der Waals surface area (Å²) in [5.74, 6) is -1.84. The predicted octanol–water partition coefficient (Wildman–Crippen LogP) is 7.63. The molecule has 3 rings (SSSR count). The predicted molar refractivity (Wildman–Crippen MR) is 116 cm³/mol. The number of nitrogens with one attached hydrogen (secondary N) is 1. The number of hydrogen-bond donors (Lipinski definition) is 1. The molecular weight excluding hydrogens is 441 g/mol. The van der Waals surface area contributed by atoms with Crippen molar-refractivity contribution in [1.29, 1.82) is 0 Å². The van der Waals surface area contributed by atoms with E-state index in [-0.39, 0.29) is 22.7 Å². The number of rotatable bonds is 4. The summed E-state index contributed by atoms with van der Waals surface area (Å²) in [6.45, 7) is 7.00. The molecule has 0 bridgehead atoms. The van der Waals surface area contributed by atoms with Gasteiger partial charge in [-0.1, -0.05) is 20.8 Å². The number of aryl methyl sites for hydroxylation is 1. The average molecular weight is 463 g/mol. The lowest BCUT2D eigenvalue weighted by atomic mass is 9.85. The third-order valence-electron chi connectivity index (χ3n) is 4.95. The summed E-state index contributed by atoms with van der Waals surface area (Å²) in [6, 6.07) is 9.95. The van der Waals surface area contributed by atoms with E-state index in [0.29, 0.717) is 17.2 Å². The Balaban J connectivity index is 2.05. The topological polar surface area (TPSA) is 38.3 Å². The molecule has 0 saturated carbocycles. The molecule has 3 nitrogen and oxygen atoms in total. The number of ether oxygens (including phenoxy) is 1. The second-order valence-corrected chi connectivity index (χ2v) is 8.61. The van der Waals surface area contributed by atoms with E-state index < -0.39 is 34.7 Å². The van der Waals surface area contributed by atoms with Crippen LogP contribution in [0.2, 0.25) is 0 Å². The van der Waals surface area contributed by atoms with Crippen molar-refractivity contribution in [2.75, 3.05) is 5.32 Å². The van der Waals surface area contributed by atoms with E-state index in [1.54, 1.807) is 6.92 Å². The maximum absolute atomic E-state index is 13.8. The highest BCUT2D eigenvalue weighted by Gasteiger charge is 2.32. The molecule has 0 aromatic heterocycles. The molecule has 0 aliphatic rings. The van der Waals surface area contributed by atoms with Crippen LogP contribution in [0.3, 0.4) is 0 Å². The summed E-state index contributed by atoms with van der Waals surface area (Å²) in [5.41, 5.74) is -0.836. The summed E-state index contributed by atoms with van der Waals surface area (Å²) in [6.07, 6.45) is -4.69. The minimum absolute atomic E-state index is 0.144. The summed E-state index contributed by atoms with van der Waals surface area (Å²) in [4.78, 5) is 13.1. The van der Waals surface area contributed by atoms with E-state index in [4.69, 9.17) is 4.74 Å². The van der Waals surface area contributed by atoms with Crippen molar-refractivity contribution >= 4 is 11.6 Å². The van der Waals surface area contributed by atoms with Crippen molar-refractivity contribution in [1.82, 2.24) is 0 Å². The summed E-state index contributed by atoms with van der Waals surface area (Å²) in [7, 11) is 0. The van der Waals surface area contributed by atoms with E-state index in [1.165, 1.54) is 24.3 Å². The zero-order valence-corrected chi connectivity index (χ0v) is 18.4. The normalized spacial score (nSPS) is 11.9. The van der Waals surface area contributed by atoms with Gasteiger partial charge in [0.2, 0.25) is 0 Å². The molecule has 8 heteroatoms. The van der Waals surface area contributed by atoms with Gasteiger partial charge in [-0.15, -0.1) is 0 Å². The zero-order chi connectivity index (χ0) is 24.6. The Hall–Kier alpha value is -3.42. The quantitative estimate of drug-likeness (QED) is 0.404. The minimum Gasteiger partial charge on any atom is -0.456 e. The van der Waals surface area contributed by atoms with Crippen LogP contribution in [0.25, 0.3) is 0 Å². The van der Waals surface area contributed by atoms with E-state index >= 15 is 0 Å². The monoisotopic (exact) mass is 463 g/mol. The zero-order valence-electron chi connectivity index (χ0n) is 18.4. The minimum atomic E-state index is -4.69. The Labute approximate surface area is 188 Å². The molecule has 0 unspecified atom stereocenters. The van der Waals surface area contributed by atoms with E-state index in [0.717, 1.165) is 24.3 Å². The third-order valence-corrected chi connectivity index (χ3v) is 4.95. The van der Waals surface area contributed by atoms with Crippen LogP contribution in [0, 0.1) is 18.6 Å². The third kappa shape index (κ3) is 5.69. The van der Waals surface area contributed by atoms with Crippen LogP contribution in [-0.4, -0.2) is 5.91 Å². The summed E-state index contributed by atoms with van der Waals surface area (Å²) in [5, 5.41) is 2.58. The van der Waals surface area contributed by atoms with E-state index in [9.17, 15) is 26.7 Å². The van der Waals surface area contributed by atoms with Crippen molar-refractivity contribution in [2.24, 2.45) is 0 Å². The van der Waals surface area contributed by atoms with Crippen molar-refractivity contribution in [3.8, 4) is 11.5 Å². The first-order chi connectivity index (χ1) is 15.3. The van der Waals surface area contributed by atoms with Gasteiger partial charge in [0, 0.05) is 5.69 Å². The van der Waals surface area contributed by atoms with Crippen LogP contribution < -0.4 is 10.1 Å². The number of carbonyl (C=O) groups is 1. The molecule has 0 spiro atoms. The Kier molecular flexibility index (Phi) is 6.49. The van der Waals surface area contributed by atoms with Gasteiger partial charge in [0.05, 0.1) is 11.1 Å². The number of carbonyl (C=O) groups excluding carboxylic acids is 1. The molecule has 0 fully saturated rings. The maximum Gasteiger partial charge on any atom is 0.416 e. The Bertz CT molecular complexity index is 1200. The molecule has 3 aromatic rings. The van der Waals surface area contributed by atoms with Crippen molar-refractivity contribution in [2.45, 2.75) is 39.3 Å². The molecule has 3 aromatic carbocycles. The van der Waals surface area contributed by atoms with Gasteiger partial charge in [-0.2, -0.15) is 13.2 Å². The Morgan fingerprint density at radius 2 is 1.45 bits per heavy atom. The SMILES string of the molecule is Cc1cc(F)ccc1Oc1ccc(C(F)(F)F)cc1C(=O)Nc1ccc(F)cc1C(C)(C)C. The second-order valence-electron chi connectivity index (χ2n) is 8.61. The highest BCUT2D eigenvalue weighted by molar-refractivity contribution is 6.06. The number of hydrogen-bond acceptors (Lipinski definition) is 2. The lowest BCUT2D eigenvalue weighted by molar-refractivity contribution is -0.137. The van der Waals surface area contributed by atoms with Gasteiger partial charge in [0.15, 0.2) is 0 Å². The maximum atomic E-state index is 13.8. The largest absolute Gasteiger partial charge is 0.456 e. The molecule has 174 valence electrons. The lowest BCUT2D eigenvalue weighted by Crippen LogP contribution is -2.20. The number of benzene rings is 3. The number of anilines is 1. The molecule has 0 aliphatic carbocycles. The van der Waals surface area contributed by atoms with Crippen LogP contribution >= 0.6 is 0 Å². The fourth-order valence-corrected chi connectivity index (χ4v) is 3.25. The fourth-order valence-electron chi connectivity index (χ4n) is 3.25. The molecule has 0 saturated heterocycles. The second kappa shape index (κ2) is 8.84. The van der Waals surface area contributed by atoms with Crippen LogP contribution in [0.4, 0.5) is 27.6 Å². The molecule has 1 N–H and O–H groups in total. The average Bonchev–Trinajstić information content (AvgIpc) is 2.70. The van der Waals surface area contributed by atoms with Gasteiger partial charge >= 0.3 is 6.18 Å². The van der Waals surface area contributed by atoms with Gasteiger partial charge in [0.25, 0.3) is 5.91 Å². The highest BCUT2D eigenvalue weighted by Crippen LogP contribution is 2.36. The van der Waals surface area contributed by atoms with Gasteiger partial charge in [-0.25, -0.2) is 8.78 Å². The van der Waals surface area contributed by atoms with Gasteiger partial charge in [0.1, 0.15) is 23.1 Å². The van der Waals surface area contributed by atoms with Gasteiger partial charge in [-0.3, -0.25) is 4.79 Å². The summed E-state index contributed by atoms with van der Waals surface area (Å²) < 4.78 is 72.9. The van der Waals surface area contributed by atoms with Crippen LogP contribution in [-0.2, 0) is 11.6 Å². The molecule has 1 amide bonds. The standard InChI is InChI=1S/C25H22F5NO2/c1-14-11-16(26)7-10-21(14)33-22-9-5-15(25(28,29)30)12-18(22)23(32)31-20-8-6-17(27)13-19(20)24(2,3)4/h5-13H,1-4H3,(H,31,32). The first kappa shape index (κ1) is 24.2. The lowest BCUT2D eigenvalue weighted by Gasteiger charge is -2.23. The highest BCUT2D eigenvalue weighted by atomic mass is 19.4. The van der Waals surface area contributed by atoms with Gasteiger partial charge < -0.3 is 10.1 Å². The molecule has 0 atom stereocenters. The smallest absolute Gasteiger partial charge is 0.416 e. The molecule has 0 heterocycles. The van der Waals surface area contributed by atoms with Crippen molar-refractivity contribution in [3.05, 3.63) is 88.5 Å². The number of amides is 1. The summed E-state index contributed by atoms with van der Waals surface area (Å²) >= 11 is 0. The van der Waals surface area contributed by atoms with Crippen LogP contribution in [0.1, 0.15) is 47.8 Å². The fraction of sp³-hybridized carbons (Fsp3) is 0.240. The van der Waals surface area contributed by atoms with Crippen molar-refractivity contribution < 1.29 is 31.5 Å². The van der Waals surface area contributed by atoms with Crippen LogP contribution in [0.15, 0.2) is 54.6 Å². The number of halogens is 5. The molecule has 0 aliphatic heterocycles. The van der Waals surface area contributed by atoms with Crippen LogP contribution in [0.5, 0.6) is 11.5 Å². The molecular formula is C25H22F5NO2. The molecule has 0 radical (unpaired) electrons. The van der Waals surface area contributed by atoms with E-state index in [2.05, 4.69) is 5.32 Å². The first-order valence-electron chi connectivity index (χ1n) is 10.0. The number of alkyl halides is 3. The Morgan fingerprint density at radius 3 is 2.06 bits per heavy atom. The first-order valence-corrected chi connectivity index (χ1v) is 10.0.